The van der Waals surface area contributed by atoms with Crippen molar-refractivity contribution in [3.05, 3.63) is 212 Å². The van der Waals surface area contributed by atoms with Crippen molar-refractivity contribution in [3.8, 4) is 40.4 Å². The summed E-state index contributed by atoms with van der Waals surface area (Å²) in [5, 5.41) is 10.9. The highest BCUT2D eigenvalue weighted by Gasteiger charge is 2.24. The van der Waals surface area contributed by atoms with Crippen molar-refractivity contribution in [2.24, 2.45) is 0 Å². The average Bonchev–Trinajstić information content (AvgIpc) is 4.24. The zero-order valence-electron chi connectivity index (χ0n) is 37.7. The van der Waals surface area contributed by atoms with Crippen LogP contribution in [0.1, 0.15) is 0 Å². The molecule has 0 atom stereocenters. The molecule has 0 aliphatic rings. The van der Waals surface area contributed by atoms with E-state index in [0.29, 0.717) is 17.6 Å². The van der Waals surface area contributed by atoms with E-state index in [-0.39, 0.29) is 0 Å². The van der Waals surface area contributed by atoms with E-state index in [2.05, 4.69) is 165 Å². The fourth-order valence-corrected chi connectivity index (χ4v) is 11.3. The molecule has 9 nitrogen and oxygen atoms in total. The Bertz CT molecular complexity index is 4730. The maximum atomic E-state index is 6.26. The van der Waals surface area contributed by atoms with Crippen LogP contribution in [0.5, 0.6) is 0 Å². The van der Waals surface area contributed by atoms with Gasteiger partial charge in [0, 0.05) is 65.0 Å². The lowest BCUT2D eigenvalue weighted by Crippen LogP contribution is -2.06. The van der Waals surface area contributed by atoms with Gasteiger partial charge in [0.25, 0.3) is 0 Å². The van der Waals surface area contributed by atoms with Gasteiger partial charge in [-0.3, -0.25) is 13.7 Å². The summed E-state index contributed by atoms with van der Waals surface area (Å²) < 4.78 is 19.3. The van der Waals surface area contributed by atoms with Crippen molar-refractivity contribution >= 4 is 109 Å². The van der Waals surface area contributed by atoms with Gasteiger partial charge in [-0.15, -0.1) is 0 Å². The van der Waals surface area contributed by atoms with Crippen molar-refractivity contribution in [3.63, 3.8) is 0 Å². The van der Waals surface area contributed by atoms with Gasteiger partial charge in [-0.1, -0.05) is 115 Å². The summed E-state index contributed by atoms with van der Waals surface area (Å²) in [5.74, 6) is 3.29. The number of fused-ring (bicyclic) bond motifs is 16. The third kappa shape index (κ3) is 5.45. The maximum absolute atomic E-state index is 6.26. The molecule has 0 saturated carbocycles. The van der Waals surface area contributed by atoms with E-state index in [0.717, 1.165) is 121 Å². The van der Waals surface area contributed by atoms with Gasteiger partial charge in [0.05, 0.1) is 33.1 Å². The molecule has 9 heteroatoms. The van der Waals surface area contributed by atoms with E-state index < -0.39 is 0 Å². The van der Waals surface area contributed by atoms with Gasteiger partial charge in [0.2, 0.25) is 5.95 Å². The van der Waals surface area contributed by atoms with Crippen molar-refractivity contribution in [1.82, 2.24) is 33.6 Å². The minimum absolute atomic E-state index is 0.508. The van der Waals surface area contributed by atoms with Crippen LogP contribution in [0.4, 0.5) is 0 Å². The molecular formula is C62H35N7O2. The summed E-state index contributed by atoms with van der Waals surface area (Å²) in [6, 6.07) is 73.7. The molecule has 330 valence electrons. The third-order valence-corrected chi connectivity index (χ3v) is 14.3. The molecule has 16 rings (SSSR count). The van der Waals surface area contributed by atoms with Gasteiger partial charge >= 0.3 is 0 Å². The number of benzene rings is 9. The van der Waals surface area contributed by atoms with Crippen LogP contribution < -0.4 is 0 Å². The molecule has 0 aliphatic carbocycles. The molecule has 0 saturated heterocycles. The van der Waals surface area contributed by atoms with Crippen LogP contribution in [0.15, 0.2) is 221 Å². The summed E-state index contributed by atoms with van der Waals surface area (Å²) in [6.45, 7) is 0. The number of nitrogens with zero attached hydrogens (tertiary/aromatic N) is 7. The molecule has 0 aliphatic heterocycles. The first kappa shape index (κ1) is 38.1. The quantitative estimate of drug-likeness (QED) is 0.171. The lowest BCUT2D eigenvalue weighted by molar-refractivity contribution is 0.668. The molecule has 0 spiro atoms. The van der Waals surface area contributed by atoms with E-state index in [9.17, 15) is 0 Å². The Balaban J connectivity index is 0.945. The van der Waals surface area contributed by atoms with Crippen molar-refractivity contribution < 1.29 is 8.83 Å². The van der Waals surface area contributed by atoms with E-state index in [1.165, 1.54) is 10.8 Å². The molecule has 7 heterocycles. The van der Waals surface area contributed by atoms with Gasteiger partial charge in [-0.25, -0.2) is 9.97 Å². The van der Waals surface area contributed by atoms with Crippen LogP contribution in [-0.4, -0.2) is 33.6 Å². The van der Waals surface area contributed by atoms with Gasteiger partial charge in [0.15, 0.2) is 11.6 Å². The number of aromatic nitrogens is 7. The summed E-state index contributed by atoms with van der Waals surface area (Å²) in [4.78, 5) is 21.5. The summed E-state index contributed by atoms with van der Waals surface area (Å²) in [6.07, 6.45) is 0. The SMILES string of the molecule is c1cc(-n2c3ccccc3c3ccccc32)nc(-n2c3ccccc3c3c4c5ccccc5n(-c5nc(-c6ccc7oc8ccccc8c7c6)nc(-c6ccc7oc8ccccc8c7c6)n5)c4ccc32)c1. The Labute approximate surface area is 402 Å². The minimum atomic E-state index is 0.508. The maximum Gasteiger partial charge on any atom is 0.238 e. The molecule has 0 unspecified atom stereocenters. The highest BCUT2D eigenvalue weighted by atomic mass is 16.3. The Morgan fingerprint density at radius 2 is 0.662 bits per heavy atom. The number of hydrogen-bond donors (Lipinski definition) is 0. The van der Waals surface area contributed by atoms with Crippen molar-refractivity contribution in [2.75, 3.05) is 0 Å². The molecule has 16 aromatic rings. The molecule has 71 heavy (non-hydrogen) atoms. The van der Waals surface area contributed by atoms with E-state index >= 15 is 0 Å². The Hall–Kier alpha value is -9.86. The zero-order chi connectivity index (χ0) is 46.3. The summed E-state index contributed by atoms with van der Waals surface area (Å²) in [5.41, 5.74) is 11.3. The van der Waals surface area contributed by atoms with Crippen LogP contribution in [0.2, 0.25) is 0 Å². The number of hydrogen-bond acceptors (Lipinski definition) is 6. The predicted octanol–water partition coefficient (Wildman–Crippen LogP) is 15.7. The molecule has 0 fully saturated rings. The molecule has 0 bridgehead atoms. The van der Waals surface area contributed by atoms with Gasteiger partial charge in [0.1, 0.15) is 34.0 Å². The molecule has 7 aromatic heterocycles. The zero-order valence-corrected chi connectivity index (χ0v) is 37.7. The molecular weight excluding hydrogens is 875 g/mol. The van der Waals surface area contributed by atoms with Crippen LogP contribution in [-0.2, 0) is 0 Å². The molecule has 0 N–H and O–H groups in total. The first-order valence-corrected chi connectivity index (χ1v) is 23.7. The molecule has 0 radical (unpaired) electrons. The number of pyridine rings is 1. The second-order valence-electron chi connectivity index (χ2n) is 18.2. The van der Waals surface area contributed by atoms with E-state index in [1.807, 2.05) is 60.7 Å². The largest absolute Gasteiger partial charge is 0.456 e. The van der Waals surface area contributed by atoms with E-state index in [1.54, 1.807) is 0 Å². The number of para-hydroxylation sites is 6. The Morgan fingerprint density at radius 3 is 1.18 bits per heavy atom. The highest BCUT2D eigenvalue weighted by molar-refractivity contribution is 6.29. The average molecular weight is 910 g/mol. The first-order valence-electron chi connectivity index (χ1n) is 23.7. The van der Waals surface area contributed by atoms with Crippen molar-refractivity contribution in [2.45, 2.75) is 0 Å². The normalized spacial score (nSPS) is 12.2. The second kappa shape index (κ2) is 14.3. The second-order valence-corrected chi connectivity index (χ2v) is 18.2. The predicted molar refractivity (Wildman–Crippen MR) is 286 cm³/mol. The fourth-order valence-electron chi connectivity index (χ4n) is 11.3. The summed E-state index contributed by atoms with van der Waals surface area (Å²) >= 11 is 0. The Kier molecular flexibility index (Phi) is 7.70. The van der Waals surface area contributed by atoms with Gasteiger partial charge < -0.3 is 8.83 Å². The summed E-state index contributed by atoms with van der Waals surface area (Å²) in [7, 11) is 0. The van der Waals surface area contributed by atoms with Crippen LogP contribution in [0, 0.1) is 0 Å². The fraction of sp³-hybridized carbons (Fsp3) is 0. The topological polar surface area (TPSA) is 92.6 Å². The van der Waals surface area contributed by atoms with Crippen molar-refractivity contribution in [1.29, 1.82) is 0 Å². The molecule has 9 aromatic carbocycles. The monoisotopic (exact) mass is 909 g/mol. The lowest BCUT2D eigenvalue weighted by atomic mass is 10.1. The van der Waals surface area contributed by atoms with Gasteiger partial charge in [-0.2, -0.15) is 9.97 Å². The number of furan rings is 2. The smallest absolute Gasteiger partial charge is 0.238 e. The van der Waals surface area contributed by atoms with E-state index in [4.69, 9.17) is 28.8 Å². The number of rotatable bonds is 5. The standard InChI is InChI=1S/C62H35N7O2/c1-7-20-46-38(14-1)39-15-2-8-21-47(39)67(46)56-26-13-27-57(63-56)68-48-22-9-3-18-42(48)58-50(68)30-31-51-59(58)43-19-4-10-23-49(43)69(51)62-65-60(36-28-32-54-44(34-36)40-16-5-11-24-52(40)70-54)64-61(66-62)37-29-33-55-45(35-37)41-17-6-12-25-53(41)71-55/h1-35H. The van der Waals surface area contributed by atoms with Crippen LogP contribution >= 0.6 is 0 Å². The Morgan fingerprint density at radius 1 is 0.268 bits per heavy atom. The molecule has 0 amide bonds. The van der Waals surface area contributed by atoms with Crippen LogP contribution in [0.25, 0.3) is 150 Å². The van der Waals surface area contributed by atoms with Gasteiger partial charge in [-0.05, 0) is 97.1 Å². The first-order chi connectivity index (χ1) is 35.2. The third-order valence-electron chi connectivity index (χ3n) is 14.3. The lowest BCUT2D eigenvalue weighted by Gasteiger charge is -2.12. The minimum Gasteiger partial charge on any atom is -0.456 e. The highest BCUT2D eigenvalue weighted by Crippen LogP contribution is 2.43. The van der Waals surface area contributed by atoms with Crippen LogP contribution in [0.3, 0.4) is 0 Å².